The number of hydrogen-bond donors (Lipinski definition) is 1. The third-order valence-corrected chi connectivity index (χ3v) is 7.32. The lowest BCUT2D eigenvalue weighted by Gasteiger charge is -2.21. The fourth-order valence-electron chi connectivity index (χ4n) is 3.33. The van der Waals surface area contributed by atoms with Crippen molar-refractivity contribution in [2.75, 3.05) is 4.72 Å². The molecule has 0 spiro atoms. The molecule has 34 heavy (non-hydrogen) atoms. The molecule has 13 heteroatoms. The normalized spacial score (nSPS) is 13.6. The van der Waals surface area contributed by atoms with Crippen LogP contribution in [0, 0.1) is 18.6 Å². The molecule has 180 valence electrons. The van der Waals surface area contributed by atoms with E-state index in [9.17, 15) is 17.2 Å². The molecule has 0 amide bonds. The minimum atomic E-state index is -4.10. The maximum atomic E-state index is 14.7. The quantitative estimate of drug-likeness (QED) is 0.422. The third kappa shape index (κ3) is 4.38. The van der Waals surface area contributed by atoms with Gasteiger partial charge in [-0.1, -0.05) is 13.0 Å². The number of para-hydroxylation sites is 1. The van der Waals surface area contributed by atoms with E-state index >= 15 is 0 Å². The molecule has 3 heterocycles. The van der Waals surface area contributed by atoms with E-state index in [0.29, 0.717) is 11.4 Å². The van der Waals surface area contributed by atoms with Crippen molar-refractivity contribution in [1.29, 1.82) is 0 Å². The van der Waals surface area contributed by atoms with Gasteiger partial charge < -0.3 is 0 Å². The standard InChI is InChI=1S/C21H22F2N8O2S.H2/c1-12-10-25-18(11-24-12)13(2)14(3)34(32,33)29-21-27-26-20(17-8-9-30(4)28-17)31(21)19-15(22)6-5-7-16(19)23;/h5-11,13-14H,1-4H3,(H,27,29);1H/t13-,14-;/m0./s1. The molecule has 4 rings (SSSR count). The lowest BCUT2D eigenvalue weighted by Crippen LogP contribution is -2.31. The zero-order valence-electron chi connectivity index (χ0n) is 18.8. The van der Waals surface area contributed by atoms with Gasteiger partial charge in [0.1, 0.15) is 23.0 Å². The average Bonchev–Trinajstić information content (AvgIpc) is 3.39. The Balaban J connectivity index is 0.00000342. The summed E-state index contributed by atoms with van der Waals surface area (Å²) in [6.07, 6.45) is 4.68. The Morgan fingerprint density at radius 3 is 2.35 bits per heavy atom. The van der Waals surface area contributed by atoms with Gasteiger partial charge in [0.2, 0.25) is 16.0 Å². The number of nitrogens with one attached hydrogen (secondary N) is 1. The topological polar surface area (TPSA) is 120 Å². The van der Waals surface area contributed by atoms with Gasteiger partial charge in [-0.3, -0.25) is 23.9 Å². The van der Waals surface area contributed by atoms with E-state index in [1.54, 1.807) is 39.4 Å². The smallest absolute Gasteiger partial charge is 0.243 e. The van der Waals surface area contributed by atoms with E-state index in [1.165, 1.54) is 23.9 Å². The van der Waals surface area contributed by atoms with E-state index < -0.39 is 38.5 Å². The molecule has 10 nitrogen and oxygen atoms in total. The van der Waals surface area contributed by atoms with Crippen molar-refractivity contribution in [2.24, 2.45) is 7.05 Å². The fraction of sp³-hybridized carbons (Fsp3) is 0.286. The molecule has 4 aromatic rings. The summed E-state index contributed by atoms with van der Waals surface area (Å²) in [5.41, 5.74) is 0.904. The van der Waals surface area contributed by atoms with Crippen molar-refractivity contribution in [3.8, 4) is 17.2 Å². The Kier molecular flexibility index (Phi) is 6.13. The van der Waals surface area contributed by atoms with Crippen LogP contribution in [0.5, 0.6) is 0 Å². The maximum absolute atomic E-state index is 14.7. The molecule has 1 aromatic carbocycles. The molecule has 1 N–H and O–H groups in total. The third-order valence-electron chi connectivity index (χ3n) is 5.46. The summed E-state index contributed by atoms with van der Waals surface area (Å²) in [6, 6.07) is 4.88. The summed E-state index contributed by atoms with van der Waals surface area (Å²) in [5.74, 6) is -2.80. The number of rotatable bonds is 7. The highest BCUT2D eigenvalue weighted by Crippen LogP contribution is 2.30. The van der Waals surface area contributed by atoms with Crippen LogP contribution in [0.1, 0.15) is 32.6 Å². The van der Waals surface area contributed by atoms with Crippen LogP contribution in [0.3, 0.4) is 0 Å². The molecule has 2 atom stereocenters. The Morgan fingerprint density at radius 1 is 1.06 bits per heavy atom. The monoisotopic (exact) mass is 490 g/mol. The van der Waals surface area contributed by atoms with E-state index in [-0.39, 0.29) is 18.9 Å². The van der Waals surface area contributed by atoms with Crippen LogP contribution in [0.15, 0.2) is 42.9 Å². The number of hydrogen-bond acceptors (Lipinski definition) is 7. The highest BCUT2D eigenvalue weighted by molar-refractivity contribution is 7.93. The predicted octanol–water partition coefficient (Wildman–Crippen LogP) is 3.22. The zero-order valence-corrected chi connectivity index (χ0v) is 19.6. The SMILES string of the molecule is Cc1cnc([C@@H](C)[C@H](C)S(=O)(=O)Nc2nnc(-c3ccn(C)n3)n2-c2c(F)cccc2F)cn1.[HH]. The lowest BCUT2D eigenvalue weighted by molar-refractivity contribution is 0.566. The summed E-state index contributed by atoms with van der Waals surface area (Å²) in [5, 5.41) is 11.1. The van der Waals surface area contributed by atoms with E-state index in [2.05, 4.69) is 30.0 Å². The number of anilines is 1. The second-order valence-corrected chi connectivity index (χ2v) is 9.89. The number of halogens is 2. The molecule has 0 saturated carbocycles. The largest absolute Gasteiger partial charge is 0.275 e. The van der Waals surface area contributed by atoms with Gasteiger partial charge in [-0.15, -0.1) is 10.2 Å². The van der Waals surface area contributed by atoms with Gasteiger partial charge in [0.25, 0.3) is 0 Å². The van der Waals surface area contributed by atoms with Crippen LogP contribution in [0.25, 0.3) is 17.2 Å². The first-order chi connectivity index (χ1) is 16.1. The van der Waals surface area contributed by atoms with Crippen LogP contribution in [-0.4, -0.2) is 48.2 Å². The van der Waals surface area contributed by atoms with E-state index in [1.807, 2.05) is 0 Å². The first-order valence-electron chi connectivity index (χ1n) is 10.3. The Labute approximate surface area is 196 Å². The second kappa shape index (κ2) is 8.89. The summed E-state index contributed by atoms with van der Waals surface area (Å²) < 4.78 is 60.7. The summed E-state index contributed by atoms with van der Waals surface area (Å²) in [6.45, 7) is 4.97. The van der Waals surface area contributed by atoms with Gasteiger partial charge in [-0.25, -0.2) is 17.2 Å². The van der Waals surface area contributed by atoms with E-state index in [4.69, 9.17) is 0 Å². The van der Waals surface area contributed by atoms with Crippen molar-refractivity contribution < 1.29 is 18.6 Å². The van der Waals surface area contributed by atoms with Crippen molar-refractivity contribution in [1.82, 2.24) is 34.5 Å². The molecular formula is C21H24F2N8O2S. The van der Waals surface area contributed by atoms with Crippen LogP contribution < -0.4 is 4.72 Å². The van der Waals surface area contributed by atoms with E-state index in [0.717, 1.165) is 16.7 Å². The van der Waals surface area contributed by atoms with Crippen molar-refractivity contribution in [3.63, 3.8) is 0 Å². The molecule has 0 aliphatic heterocycles. The molecule has 0 unspecified atom stereocenters. The summed E-state index contributed by atoms with van der Waals surface area (Å²) in [4.78, 5) is 8.42. The number of aryl methyl sites for hydroxylation is 2. The molecule has 0 bridgehead atoms. The number of sulfonamides is 1. The second-order valence-electron chi connectivity index (χ2n) is 7.85. The molecule has 3 aromatic heterocycles. The highest BCUT2D eigenvalue weighted by Gasteiger charge is 2.32. The number of nitrogens with zero attached hydrogens (tertiary/aromatic N) is 7. The van der Waals surface area contributed by atoms with Crippen molar-refractivity contribution in [2.45, 2.75) is 31.9 Å². The fourth-order valence-corrected chi connectivity index (χ4v) is 4.58. The highest BCUT2D eigenvalue weighted by atomic mass is 32.2. The maximum Gasteiger partial charge on any atom is 0.243 e. The molecule has 0 radical (unpaired) electrons. The van der Waals surface area contributed by atoms with Crippen LogP contribution >= 0.6 is 0 Å². The van der Waals surface area contributed by atoms with Gasteiger partial charge in [-0.2, -0.15) is 5.10 Å². The Bertz CT molecular complexity index is 1420. The van der Waals surface area contributed by atoms with Gasteiger partial charge in [0, 0.05) is 33.0 Å². The zero-order chi connectivity index (χ0) is 24.6. The Morgan fingerprint density at radius 2 is 1.76 bits per heavy atom. The van der Waals surface area contributed by atoms with Gasteiger partial charge >= 0.3 is 0 Å². The lowest BCUT2D eigenvalue weighted by atomic mass is 10.1. The molecule has 0 aliphatic rings. The number of benzene rings is 1. The Hall–Kier alpha value is -3.74. The van der Waals surface area contributed by atoms with Crippen LogP contribution in [0.2, 0.25) is 0 Å². The summed E-state index contributed by atoms with van der Waals surface area (Å²) >= 11 is 0. The molecule has 0 aliphatic carbocycles. The first-order valence-corrected chi connectivity index (χ1v) is 11.8. The minimum Gasteiger partial charge on any atom is -0.275 e. The van der Waals surface area contributed by atoms with Crippen LogP contribution in [0.4, 0.5) is 14.7 Å². The summed E-state index contributed by atoms with van der Waals surface area (Å²) in [7, 11) is -2.44. The predicted molar refractivity (Wildman–Crippen MR) is 123 cm³/mol. The number of aromatic nitrogens is 7. The van der Waals surface area contributed by atoms with Crippen LogP contribution in [-0.2, 0) is 17.1 Å². The van der Waals surface area contributed by atoms with Gasteiger partial charge in [-0.05, 0) is 32.0 Å². The molecular weight excluding hydrogens is 466 g/mol. The van der Waals surface area contributed by atoms with Gasteiger partial charge in [0.05, 0.1) is 16.6 Å². The average molecular weight is 491 g/mol. The molecule has 0 saturated heterocycles. The van der Waals surface area contributed by atoms with Crippen molar-refractivity contribution in [3.05, 3.63) is 65.9 Å². The minimum absolute atomic E-state index is 0. The molecule has 0 fully saturated rings. The van der Waals surface area contributed by atoms with Crippen molar-refractivity contribution >= 4 is 16.0 Å². The first kappa shape index (κ1) is 23.4. The van der Waals surface area contributed by atoms with Gasteiger partial charge in [0.15, 0.2) is 5.82 Å².